The number of amides is 1. The van der Waals surface area contributed by atoms with Gasteiger partial charge >= 0.3 is 0 Å². The standard InChI is InChI=1S/C12H29NO2Si2/c1-12(2,3)13-11(14)9-10-17(7,8)15-16(4,5)6/h9-10H2,1-8H3,(H,13,14). The van der Waals surface area contributed by atoms with Gasteiger partial charge in [0.15, 0.2) is 16.6 Å². The van der Waals surface area contributed by atoms with E-state index in [1.165, 1.54) is 0 Å². The van der Waals surface area contributed by atoms with E-state index < -0.39 is 16.6 Å². The van der Waals surface area contributed by atoms with Gasteiger partial charge in [-0.3, -0.25) is 4.79 Å². The lowest BCUT2D eigenvalue weighted by molar-refractivity contribution is -0.122. The molecule has 0 atom stereocenters. The molecule has 0 aliphatic rings. The van der Waals surface area contributed by atoms with E-state index in [-0.39, 0.29) is 11.4 Å². The molecule has 0 radical (unpaired) electrons. The molecule has 5 heteroatoms. The first-order valence-electron chi connectivity index (χ1n) is 6.32. The molecule has 0 heterocycles. The normalized spacial score (nSPS) is 13.6. The van der Waals surface area contributed by atoms with E-state index in [1.54, 1.807) is 0 Å². The van der Waals surface area contributed by atoms with Crippen LogP contribution in [0, 0.1) is 0 Å². The van der Waals surface area contributed by atoms with Crippen LogP contribution in [0.1, 0.15) is 27.2 Å². The maximum absolute atomic E-state index is 11.7. The second kappa shape index (κ2) is 5.67. The molecule has 0 spiro atoms. The maximum atomic E-state index is 11.7. The summed E-state index contributed by atoms with van der Waals surface area (Å²) < 4.78 is 6.20. The highest BCUT2D eigenvalue weighted by Crippen LogP contribution is 2.19. The number of carbonyl (C=O) groups excluding carboxylic acids is 1. The van der Waals surface area contributed by atoms with Gasteiger partial charge in [0.25, 0.3) is 0 Å². The Bertz CT molecular complexity index is 265. The van der Waals surface area contributed by atoms with E-state index in [0.29, 0.717) is 6.42 Å². The third-order valence-corrected chi connectivity index (χ3v) is 8.16. The van der Waals surface area contributed by atoms with Crippen molar-refractivity contribution in [1.82, 2.24) is 5.32 Å². The fourth-order valence-electron chi connectivity index (χ4n) is 1.78. The molecule has 0 aromatic heterocycles. The first kappa shape index (κ1) is 16.9. The van der Waals surface area contributed by atoms with Crippen LogP contribution < -0.4 is 5.32 Å². The third kappa shape index (κ3) is 10.7. The summed E-state index contributed by atoms with van der Waals surface area (Å²) in [7, 11) is -3.16. The lowest BCUT2D eigenvalue weighted by atomic mass is 10.1. The van der Waals surface area contributed by atoms with Crippen LogP contribution in [0.25, 0.3) is 0 Å². The Morgan fingerprint density at radius 2 is 1.59 bits per heavy atom. The molecular weight excluding hydrogens is 246 g/mol. The molecule has 0 aromatic rings. The molecule has 0 fully saturated rings. The first-order chi connectivity index (χ1) is 7.31. The molecule has 0 saturated carbocycles. The summed E-state index contributed by atoms with van der Waals surface area (Å²) in [5.74, 6) is 0.136. The Hall–Kier alpha value is -0.136. The van der Waals surface area contributed by atoms with Gasteiger partial charge < -0.3 is 9.43 Å². The second-order valence-electron chi connectivity index (χ2n) is 7.27. The quantitative estimate of drug-likeness (QED) is 0.782. The first-order valence-corrected chi connectivity index (χ1v) is 12.8. The Balaban J connectivity index is 4.15. The van der Waals surface area contributed by atoms with E-state index in [0.717, 1.165) is 6.04 Å². The highest BCUT2D eigenvalue weighted by Gasteiger charge is 2.30. The van der Waals surface area contributed by atoms with Crippen LogP contribution in [0.2, 0.25) is 38.8 Å². The predicted octanol–water partition coefficient (Wildman–Crippen LogP) is 3.35. The average Bonchev–Trinajstić information content (AvgIpc) is 1.92. The van der Waals surface area contributed by atoms with Gasteiger partial charge in [-0.25, -0.2) is 0 Å². The van der Waals surface area contributed by atoms with Gasteiger partial charge in [0.1, 0.15) is 0 Å². The van der Waals surface area contributed by atoms with Crippen molar-refractivity contribution >= 4 is 22.5 Å². The van der Waals surface area contributed by atoms with E-state index in [2.05, 4.69) is 38.1 Å². The van der Waals surface area contributed by atoms with Gasteiger partial charge in [-0.15, -0.1) is 0 Å². The summed E-state index contributed by atoms with van der Waals surface area (Å²) >= 11 is 0. The van der Waals surface area contributed by atoms with Crippen molar-refractivity contribution in [2.24, 2.45) is 0 Å². The Kier molecular flexibility index (Phi) is 5.62. The summed E-state index contributed by atoms with van der Waals surface area (Å²) in [6.07, 6.45) is 0.584. The van der Waals surface area contributed by atoms with Crippen molar-refractivity contribution in [3.63, 3.8) is 0 Å². The van der Waals surface area contributed by atoms with Crippen molar-refractivity contribution in [3.05, 3.63) is 0 Å². The molecule has 0 unspecified atom stereocenters. The highest BCUT2D eigenvalue weighted by molar-refractivity contribution is 6.84. The van der Waals surface area contributed by atoms with Crippen molar-refractivity contribution in [2.75, 3.05) is 0 Å². The minimum absolute atomic E-state index is 0.136. The zero-order valence-electron chi connectivity index (χ0n) is 12.7. The van der Waals surface area contributed by atoms with Gasteiger partial charge in [0, 0.05) is 12.0 Å². The number of hydrogen-bond donors (Lipinski definition) is 1. The molecule has 0 aliphatic heterocycles. The minimum Gasteiger partial charge on any atom is -0.456 e. The zero-order valence-corrected chi connectivity index (χ0v) is 14.7. The lowest BCUT2D eigenvalue weighted by Crippen LogP contribution is -2.44. The molecule has 0 saturated heterocycles. The van der Waals surface area contributed by atoms with Gasteiger partial charge in [-0.2, -0.15) is 0 Å². The summed E-state index contributed by atoms with van der Waals surface area (Å²) in [6, 6.07) is 0.902. The summed E-state index contributed by atoms with van der Waals surface area (Å²) in [5, 5.41) is 2.99. The Morgan fingerprint density at radius 1 is 1.12 bits per heavy atom. The van der Waals surface area contributed by atoms with Gasteiger partial charge in [0.2, 0.25) is 5.91 Å². The number of rotatable bonds is 5. The molecule has 0 bridgehead atoms. The van der Waals surface area contributed by atoms with Crippen LogP contribution in [0.4, 0.5) is 0 Å². The maximum Gasteiger partial charge on any atom is 0.220 e. The van der Waals surface area contributed by atoms with Crippen LogP contribution in [0.3, 0.4) is 0 Å². The summed E-state index contributed by atoms with van der Waals surface area (Å²) in [5.41, 5.74) is -0.136. The van der Waals surface area contributed by atoms with E-state index in [9.17, 15) is 4.79 Å². The molecule has 1 amide bonds. The van der Waals surface area contributed by atoms with Gasteiger partial charge in [-0.1, -0.05) is 0 Å². The number of nitrogens with one attached hydrogen (secondary N) is 1. The summed E-state index contributed by atoms with van der Waals surface area (Å²) in [4.78, 5) is 11.7. The van der Waals surface area contributed by atoms with Gasteiger partial charge in [0.05, 0.1) is 0 Å². The largest absolute Gasteiger partial charge is 0.456 e. The van der Waals surface area contributed by atoms with Crippen LogP contribution in [0.5, 0.6) is 0 Å². The van der Waals surface area contributed by atoms with Crippen LogP contribution in [-0.2, 0) is 8.91 Å². The predicted molar refractivity (Wildman–Crippen MR) is 79.2 cm³/mol. The average molecular weight is 276 g/mol. The molecule has 1 N–H and O–H groups in total. The molecule has 0 rings (SSSR count). The molecule has 17 heavy (non-hydrogen) atoms. The van der Waals surface area contributed by atoms with E-state index >= 15 is 0 Å². The fourth-order valence-corrected chi connectivity index (χ4v) is 9.64. The van der Waals surface area contributed by atoms with Crippen LogP contribution in [0.15, 0.2) is 0 Å². The molecule has 0 aromatic carbocycles. The number of carbonyl (C=O) groups is 1. The molecule has 3 nitrogen and oxygen atoms in total. The van der Waals surface area contributed by atoms with E-state index in [1.807, 2.05) is 20.8 Å². The smallest absolute Gasteiger partial charge is 0.220 e. The van der Waals surface area contributed by atoms with Gasteiger partial charge in [-0.05, 0) is 59.6 Å². The third-order valence-electron chi connectivity index (χ3n) is 2.05. The Labute approximate surface area is 109 Å². The number of hydrogen-bond acceptors (Lipinski definition) is 2. The zero-order chi connectivity index (χ0) is 13.9. The highest BCUT2D eigenvalue weighted by atomic mass is 28.4. The molecule has 0 aliphatic carbocycles. The second-order valence-corrected chi connectivity index (χ2v) is 16.3. The van der Waals surface area contributed by atoms with Crippen molar-refractivity contribution < 1.29 is 8.91 Å². The van der Waals surface area contributed by atoms with Crippen molar-refractivity contribution in [1.29, 1.82) is 0 Å². The SMILES string of the molecule is CC(C)(C)NC(=O)CC[Si](C)(C)O[Si](C)(C)C. The van der Waals surface area contributed by atoms with Crippen LogP contribution in [-0.4, -0.2) is 28.1 Å². The lowest BCUT2D eigenvalue weighted by Gasteiger charge is -2.31. The minimum atomic E-state index is -1.68. The Morgan fingerprint density at radius 3 is 1.94 bits per heavy atom. The molecular formula is C12H29NO2Si2. The van der Waals surface area contributed by atoms with Crippen molar-refractivity contribution in [3.8, 4) is 0 Å². The van der Waals surface area contributed by atoms with Crippen LogP contribution >= 0.6 is 0 Å². The summed E-state index contributed by atoms with van der Waals surface area (Å²) in [6.45, 7) is 17.0. The molecule has 102 valence electrons. The monoisotopic (exact) mass is 275 g/mol. The fraction of sp³-hybridized carbons (Fsp3) is 0.917. The topological polar surface area (TPSA) is 38.3 Å². The van der Waals surface area contributed by atoms with Crippen molar-refractivity contribution in [2.45, 2.75) is 71.5 Å². The van der Waals surface area contributed by atoms with E-state index in [4.69, 9.17) is 4.12 Å².